The molecule has 0 saturated carbocycles. The molecule has 0 spiro atoms. The van der Waals surface area contributed by atoms with Crippen molar-refractivity contribution in [2.75, 3.05) is 27.4 Å². The summed E-state index contributed by atoms with van der Waals surface area (Å²) in [5.74, 6) is 1.39. The standard InChI is InChI=1S/C18H20N2O6/c1-23-13-3-7-15(8-4-13)25-11-17(21)19-20-18(22)12-26-16-9-5-14(24-2)6-10-16/h3-10H,11-12H2,1-2H3,(H,19,21)(H,20,22). The average Bonchev–Trinajstić information content (AvgIpc) is 2.69. The van der Waals surface area contributed by atoms with Crippen molar-refractivity contribution in [2.24, 2.45) is 0 Å². The highest BCUT2D eigenvalue weighted by Gasteiger charge is 2.07. The molecule has 0 aliphatic heterocycles. The lowest BCUT2D eigenvalue weighted by molar-refractivity contribution is -0.131. The number of amides is 2. The molecule has 0 saturated heterocycles. The van der Waals surface area contributed by atoms with Gasteiger partial charge in [0, 0.05) is 0 Å². The zero-order valence-corrected chi connectivity index (χ0v) is 14.5. The van der Waals surface area contributed by atoms with Gasteiger partial charge < -0.3 is 18.9 Å². The zero-order chi connectivity index (χ0) is 18.8. The highest BCUT2D eigenvalue weighted by atomic mass is 16.5. The Kier molecular flexibility index (Phi) is 7.11. The third kappa shape index (κ3) is 6.23. The van der Waals surface area contributed by atoms with Crippen LogP contribution in [0.4, 0.5) is 0 Å². The third-order valence-electron chi connectivity index (χ3n) is 3.20. The normalized spacial score (nSPS) is 9.77. The van der Waals surface area contributed by atoms with Crippen LogP contribution in [-0.4, -0.2) is 39.2 Å². The molecule has 138 valence electrons. The van der Waals surface area contributed by atoms with Crippen molar-refractivity contribution in [1.29, 1.82) is 0 Å². The number of benzene rings is 2. The van der Waals surface area contributed by atoms with Crippen molar-refractivity contribution in [1.82, 2.24) is 10.9 Å². The Labute approximate surface area is 151 Å². The molecule has 2 aromatic carbocycles. The summed E-state index contributed by atoms with van der Waals surface area (Å²) < 4.78 is 20.6. The molecule has 0 bridgehead atoms. The lowest BCUT2D eigenvalue weighted by Gasteiger charge is -2.10. The molecule has 2 N–H and O–H groups in total. The number of ether oxygens (including phenoxy) is 4. The third-order valence-corrected chi connectivity index (χ3v) is 3.20. The molecular formula is C18H20N2O6. The second-order valence-electron chi connectivity index (χ2n) is 5.02. The van der Waals surface area contributed by atoms with Gasteiger partial charge in [-0.05, 0) is 48.5 Å². The van der Waals surface area contributed by atoms with E-state index in [1.807, 2.05) is 0 Å². The topological polar surface area (TPSA) is 95.1 Å². The molecule has 0 radical (unpaired) electrons. The van der Waals surface area contributed by atoms with Gasteiger partial charge in [-0.15, -0.1) is 0 Å². The molecule has 2 rings (SSSR count). The van der Waals surface area contributed by atoms with Crippen LogP contribution in [0.25, 0.3) is 0 Å². The maximum atomic E-state index is 11.7. The predicted octanol–water partition coefficient (Wildman–Crippen LogP) is 1.31. The van der Waals surface area contributed by atoms with Gasteiger partial charge in [0.05, 0.1) is 14.2 Å². The van der Waals surface area contributed by atoms with Crippen LogP contribution in [-0.2, 0) is 9.59 Å². The maximum Gasteiger partial charge on any atom is 0.276 e. The first-order valence-electron chi connectivity index (χ1n) is 7.72. The van der Waals surface area contributed by atoms with Crippen LogP contribution in [0.15, 0.2) is 48.5 Å². The van der Waals surface area contributed by atoms with Crippen LogP contribution < -0.4 is 29.8 Å². The summed E-state index contributed by atoms with van der Waals surface area (Å²) in [5, 5.41) is 0. The van der Waals surface area contributed by atoms with Gasteiger partial charge in [0.2, 0.25) is 0 Å². The fourth-order valence-corrected chi connectivity index (χ4v) is 1.85. The largest absolute Gasteiger partial charge is 0.497 e. The molecule has 0 fully saturated rings. The Morgan fingerprint density at radius 2 is 0.962 bits per heavy atom. The van der Waals surface area contributed by atoms with E-state index >= 15 is 0 Å². The number of hydrogen-bond acceptors (Lipinski definition) is 6. The fourth-order valence-electron chi connectivity index (χ4n) is 1.85. The number of carbonyl (C=O) groups excluding carboxylic acids is 2. The van der Waals surface area contributed by atoms with Gasteiger partial charge in [-0.1, -0.05) is 0 Å². The van der Waals surface area contributed by atoms with Crippen molar-refractivity contribution < 1.29 is 28.5 Å². The van der Waals surface area contributed by atoms with E-state index in [2.05, 4.69) is 10.9 Å². The van der Waals surface area contributed by atoms with Gasteiger partial charge in [-0.3, -0.25) is 20.4 Å². The minimum absolute atomic E-state index is 0.244. The summed E-state index contributed by atoms with van der Waals surface area (Å²) in [6.07, 6.45) is 0. The van der Waals surface area contributed by atoms with Gasteiger partial charge in [-0.2, -0.15) is 0 Å². The Morgan fingerprint density at radius 3 is 1.27 bits per heavy atom. The van der Waals surface area contributed by atoms with E-state index < -0.39 is 11.8 Å². The van der Waals surface area contributed by atoms with Gasteiger partial charge >= 0.3 is 0 Å². The van der Waals surface area contributed by atoms with E-state index in [1.165, 1.54) is 0 Å². The molecule has 0 atom stereocenters. The summed E-state index contributed by atoms with van der Waals surface area (Å²) in [5.41, 5.74) is 4.48. The molecule has 0 aliphatic rings. The van der Waals surface area contributed by atoms with Gasteiger partial charge in [0.15, 0.2) is 13.2 Å². The van der Waals surface area contributed by atoms with Crippen LogP contribution in [0.2, 0.25) is 0 Å². The van der Waals surface area contributed by atoms with Crippen LogP contribution >= 0.6 is 0 Å². The van der Waals surface area contributed by atoms with Gasteiger partial charge in [0.25, 0.3) is 11.8 Å². The number of hydrazine groups is 1. The maximum absolute atomic E-state index is 11.7. The molecule has 26 heavy (non-hydrogen) atoms. The number of nitrogens with one attached hydrogen (secondary N) is 2. The highest BCUT2D eigenvalue weighted by molar-refractivity contribution is 5.83. The number of carbonyl (C=O) groups is 2. The van der Waals surface area contributed by atoms with Gasteiger partial charge in [-0.25, -0.2) is 0 Å². The highest BCUT2D eigenvalue weighted by Crippen LogP contribution is 2.17. The number of rotatable bonds is 8. The predicted molar refractivity (Wildman–Crippen MR) is 93.3 cm³/mol. The van der Waals surface area contributed by atoms with Crippen LogP contribution in [0.1, 0.15) is 0 Å². The molecule has 0 unspecified atom stereocenters. The molecule has 0 heterocycles. The molecular weight excluding hydrogens is 340 g/mol. The van der Waals surface area contributed by atoms with Crippen LogP contribution in [0, 0.1) is 0 Å². The van der Waals surface area contributed by atoms with E-state index in [1.54, 1.807) is 62.8 Å². The van der Waals surface area contributed by atoms with Crippen molar-refractivity contribution in [2.45, 2.75) is 0 Å². The van der Waals surface area contributed by atoms with Crippen molar-refractivity contribution in [3.05, 3.63) is 48.5 Å². The monoisotopic (exact) mass is 360 g/mol. The van der Waals surface area contributed by atoms with E-state index in [-0.39, 0.29) is 13.2 Å². The summed E-state index contributed by atoms with van der Waals surface area (Å²) in [4.78, 5) is 23.3. The summed E-state index contributed by atoms with van der Waals surface area (Å²) in [6, 6.07) is 13.6. The second kappa shape index (κ2) is 9.77. The van der Waals surface area contributed by atoms with Crippen molar-refractivity contribution in [3.63, 3.8) is 0 Å². The fraction of sp³-hybridized carbons (Fsp3) is 0.222. The summed E-state index contributed by atoms with van der Waals surface area (Å²) in [6.45, 7) is -0.488. The molecule has 8 nitrogen and oxygen atoms in total. The van der Waals surface area contributed by atoms with E-state index in [9.17, 15) is 9.59 Å². The van der Waals surface area contributed by atoms with E-state index in [4.69, 9.17) is 18.9 Å². The zero-order valence-electron chi connectivity index (χ0n) is 14.5. The van der Waals surface area contributed by atoms with Crippen molar-refractivity contribution >= 4 is 11.8 Å². The van der Waals surface area contributed by atoms with E-state index in [0.717, 1.165) is 0 Å². The second-order valence-corrected chi connectivity index (χ2v) is 5.02. The summed E-state index contributed by atoms with van der Waals surface area (Å²) >= 11 is 0. The Balaban J connectivity index is 1.64. The minimum atomic E-state index is -0.501. The lowest BCUT2D eigenvalue weighted by Crippen LogP contribution is -2.45. The molecule has 0 aromatic heterocycles. The smallest absolute Gasteiger partial charge is 0.276 e. The summed E-state index contributed by atoms with van der Waals surface area (Å²) in [7, 11) is 3.12. The first kappa shape index (κ1) is 18.9. The Hall–Kier alpha value is -3.42. The molecule has 2 aromatic rings. The van der Waals surface area contributed by atoms with Crippen LogP contribution in [0.3, 0.4) is 0 Å². The van der Waals surface area contributed by atoms with Crippen LogP contribution in [0.5, 0.6) is 23.0 Å². The minimum Gasteiger partial charge on any atom is -0.497 e. The first-order valence-corrected chi connectivity index (χ1v) is 7.72. The lowest BCUT2D eigenvalue weighted by atomic mass is 10.3. The number of methoxy groups -OCH3 is 2. The number of hydrogen-bond donors (Lipinski definition) is 2. The SMILES string of the molecule is COc1ccc(OCC(=O)NNC(=O)COc2ccc(OC)cc2)cc1. The van der Waals surface area contributed by atoms with Gasteiger partial charge in [0.1, 0.15) is 23.0 Å². The molecule has 2 amide bonds. The molecule has 0 aliphatic carbocycles. The van der Waals surface area contributed by atoms with E-state index in [0.29, 0.717) is 23.0 Å². The van der Waals surface area contributed by atoms with Crippen molar-refractivity contribution in [3.8, 4) is 23.0 Å². The molecule has 8 heteroatoms. The first-order chi connectivity index (χ1) is 12.6. The average molecular weight is 360 g/mol. The Bertz CT molecular complexity index is 652. The quantitative estimate of drug-likeness (QED) is 0.689. The Morgan fingerprint density at radius 1 is 0.654 bits per heavy atom.